The molecule has 0 fully saturated rings. The van der Waals surface area contributed by atoms with E-state index in [2.05, 4.69) is 9.97 Å². The van der Waals surface area contributed by atoms with Crippen LogP contribution in [0.5, 0.6) is 0 Å². The average molecular weight is 300 g/mol. The Morgan fingerprint density at radius 2 is 2.21 bits per heavy atom. The number of aromatic nitrogens is 3. The number of aromatic amines is 1. The number of rotatable bonds is 5. The molecule has 0 atom stereocenters. The van der Waals surface area contributed by atoms with Gasteiger partial charge in [0.2, 0.25) is 0 Å². The quantitative estimate of drug-likeness (QED) is 0.857. The third kappa shape index (κ3) is 3.13. The normalized spacial score (nSPS) is 10.8. The lowest BCUT2D eigenvalue weighted by Gasteiger charge is -2.07. The van der Waals surface area contributed by atoms with Crippen LogP contribution in [0.1, 0.15) is 24.6 Å². The van der Waals surface area contributed by atoms with Crippen molar-refractivity contribution in [3.8, 4) is 0 Å². The van der Waals surface area contributed by atoms with Crippen LogP contribution in [0.4, 0.5) is 0 Å². The monoisotopic (exact) mass is 299 g/mol. The Balaban J connectivity index is 2.32. The second-order valence-electron chi connectivity index (χ2n) is 4.16. The summed E-state index contributed by atoms with van der Waals surface area (Å²) in [6, 6.07) is 0. The van der Waals surface area contributed by atoms with E-state index in [-0.39, 0.29) is 10.7 Å². The van der Waals surface area contributed by atoms with Gasteiger partial charge in [-0.15, -0.1) is 11.3 Å². The van der Waals surface area contributed by atoms with E-state index in [1.54, 1.807) is 5.51 Å². The molecule has 2 aromatic heterocycles. The third-order valence-electron chi connectivity index (χ3n) is 2.81. The molecule has 0 amide bonds. The highest BCUT2D eigenvalue weighted by molar-refractivity contribution is 7.07. The Morgan fingerprint density at radius 3 is 2.84 bits per heavy atom. The number of thiazole rings is 1. The van der Waals surface area contributed by atoms with Gasteiger partial charge < -0.3 is 0 Å². The van der Waals surface area contributed by atoms with Crippen molar-refractivity contribution in [2.24, 2.45) is 0 Å². The highest BCUT2D eigenvalue weighted by Gasteiger charge is 2.12. The SMILES string of the molecule is CCCc1c(Cl)[nH]c(=O)n(CCc2cscn2)c1=O. The highest BCUT2D eigenvalue weighted by atomic mass is 35.5. The Hall–Kier alpha value is -1.40. The Kier molecular flexibility index (Phi) is 4.55. The van der Waals surface area contributed by atoms with Crippen molar-refractivity contribution in [3.05, 3.63) is 48.1 Å². The largest absolute Gasteiger partial charge is 0.329 e. The maximum Gasteiger partial charge on any atom is 0.329 e. The van der Waals surface area contributed by atoms with Crippen LogP contribution in [-0.4, -0.2) is 14.5 Å². The second-order valence-corrected chi connectivity index (χ2v) is 5.26. The van der Waals surface area contributed by atoms with E-state index in [0.29, 0.717) is 24.9 Å². The molecule has 0 saturated heterocycles. The van der Waals surface area contributed by atoms with Crippen LogP contribution in [0.2, 0.25) is 5.15 Å². The van der Waals surface area contributed by atoms with Gasteiger partial charge in [0.1, 0.15) is 5.15 Å². The molecule has 0 aromatic carbocycles. The lowest BCUT2D eigenvalue weighted by Crippen LogP contribution is -2.38. The summed E-state index contributed by atoms with van der Waals surface area (Å²) in [7, 11) is 0. The summed E-state index contributed by atoms with van der Waals surface area (Å²) >= 11 is 7.40. The minimum atomic E-state index is -0.468. The van der Waals surface area contributed by atoms with Gasteiger partial charge in [0, 0.05) is 18.3 Å². The third-order valence-corrected chi connectivity index (χ3v) is 3.76. The molecule has 2 heterocycles. The topological polar surface area (TPSA) is 67.8 Å². The molecule has 0 spiro atoms. The molecule has 1 N–H and O–H groups in total. The number of hydrogen-bond donors (Lipinski definition) is 1. The van der Waals surface area contributed by atoms with Crippen molar-refractivity contribution < 1.29 is 0 Å². The number of nitrogens with one attached hydrogen (secondary N) is 1. The molecule has 0 unspecified atom stereocenters. The van der Waals surface area contributed by atoms with Crippen molar-refractivity contribution in [1.82, 2.24) is 14.5 Å². The van der Waals surface area contributed by atoms with Crippen LogP contribution >= 0.6 is 22.9 Å². The van der Waals surface area contributed by atoms with E-state index < -0.39 is 5.69 Å². The van der Waals surface area contributed by atoms with Crippen molar-refractivity contribution in [1.29, 1.82) is 0 Å². The molecule has 2 aromatic rings. The van der Waals surface area contributed by atoms with Crippen molar-refractivity contribution in [3.63, 3.8) is 0 Å². The van der Waals surface area contributed by atoms with E-state index in [0.717, 1.165) is 12.1 Å². The van der Waals surface area contributed by atoms with Crippen LogP contribution < -0.4 is 11.2 Å². The van der Waals surface area contributed by atoms with Crippen LogP contribution in [0.15, 0.2) is 20.5 Å². The smallest absolute Gasteiger partial charge is 0.297 e. The second kappa shape index (κ2) is 6.16. The fraction of sp³-hybridized carbons (Fsp3) is 0.417. The zero-order chi connectivity index (χ0) is 13.8. The summed E-state index contributed by atoms with van der Waals surface area (Å²) in [6.45, 7) is 2.27. The molecule has 0 saturated carbocycles. The highest BCUT2D eigenvalue weighted by Crippen LogP contribution is 2.08. The fourth-order valence-corrected chi connectivity index (χ4v) is 2.69. The van der Waals surface area contributed by atoms with Crippen molar-refractivity contribution in [2.75, 3.05) is 0 Å². The molecular formula is C12H14ClN3O2S. The van der Waals surface area contributed by atoms with E-state index >= 15 is 0 Å². The number of nitrogens with zero attached hydrogens (tertiary/aromatic N) is 2. The van der Waals surface area contributed by atoms with E-state index in [9.17, 15) is 9.59 Å². The summed E-state index contributed by atoms with van der Waals surface area (Å²) in [5, 5.41) is 2.06. The van der Waals surface area contributed by atoms with Gasteiger partial charge in [-0.3, -0.25) is 14.3 Å². The molecule has 2 rings (SSSR count). The molecule has 102 valence electrons. The molecule has 0 aliphatic heterocycles. The summed E-state index contributed by atoms with van der Waals surface area (Å²) in [5.74, 6) is 0. The Bertz CT molecular complexity index is 661. The molecule has 0 bridgehead atoms. The molecule has 0 aliphatic carbocycles. The van der Waals surface area contributed by atoms with E-state index in [1.165, 1.54) is 15.9 Å². The predicted molar refractivity (Wildman–Crippen MR) is 76.1 cm³/mol. The van der Waals surface area contributed by atoms with Gasteiger partial charge in [-0.05, 0) is 6.42 Å². The zero-order valence-electron chi connectivity index (χ0n) is 10.5. The molecular weight excluding hydrogens is 286 g/mol. The van der Waals surface area contributed by atoms with Gasteiger partial charge in [0.15, 0.2) is 0 Å². The minimum absolute atomic E-state index is 0.154. The number of aryl methyl sites for hydroxylation is 1. The lowest BCUT2D eigenvalue weighted by molar-refractivity contribution is 0.612. The molecule has 19 heavy (non-hydrogen) atoms. The first kappa shape index (κ1) is 14.0. The maximum absolute atomic E-state index is 12.2. The standard InChI is InChI=1S/C12H14ClN3O2S/c1-2-3-9-10(13)15-12(18)16(11(9)17)5-4-8-6-19-7-14-8/h6-7H,2-5H2,1H3,(H,15,18). The Morgan fingerprint density at radius 1 is 1.42 bits per heavy atom. The van der Waals surface area contributed by atoms with Crippen molar-refractivity contribution in [2.45, 2.75) is 32.7 Å². The van der Waals surface area contributed by atoms with Crippen LogP contribution in [-0.2, 0) is 19.4 Å². The fourth-order valence-electron chi connectivity index (χ4n) is 1.84. The van der Waals surface area contributed by atoms with Crippen LogP contribution in [0, 0.1) is 0 Å². The maximum atomic E-state index is 12.2. The number of halogens is 1. The molecule has 0 radical (unpaired) electrons. The number of H-pyrrole nitrogens is 1. The first-order valence-electron chi connectivity index (χ1n) is 6.02. The summed E-state index contributed by atoms with van der Waals surface area (Å²) < 4.78 is 1.19. The summed E-state index contributed by atoms with van der Waals surface area (Å²) in [5.41, 5.74) is 2.31. The van der Waals surface area contributed by atoms with Gasteiger partial charge in [-0.25, -0.2) is 9.78 Å². The van der Waals surface area contributed by atoms with Gasteiger partial charge in [0.25, 0.3) is 5.56 Å². The van der Waals surface area contributed by atoms with Gasteiger partial charge in [-0.1, -0.05) is 24.9 Å². The molecule has 5 nitrogen and oxygen atoms in total. The average Bonchev–Trinajstić information content (AvgIpc) is 2.87. The van der Waals surface area contributed by atoms with Crippen molar-refractivity contribution >= 4 is 22.9 Å². The van der Waals surface area contributed by atoms with Gasteiger partial charge in [0.05, 0.1) is 16.8 Å². The predicted octanol–water partition coefficient (Wildman–Crippen LogP) is 1.84. The first-order chi connectivity index (χ1) is 9.13. The summed E-state index contributed by atoms with van der Waals surface area (Å²) in [6.07, 6.45) is 1.91. The van der Waals surface area contributed by atoms with Gasteiger partial charge in [-0.2, -0.15) is 0 Å². The lowest BCUT2D eigenvalue weighted by atomic mass is 10.2. The molecule has 0 aliphatic rings. The first-order valence-corrected chi connectivity index (χ1v) is 7.34. The van der Waals surface area contributed by atoms with E-state index in [1.807, 2.05) is 12.3 Å². The summed E-state index contributed by atoms with van der Waals surface area (Å²) in [4.78, 5) is 30.6. The van der Waals surface area contributed by atoms with Crippen LogP contribution in [0.25, 0.3) is 0 Å². The van der Waals surface area contributed by atoms with Crippen LogP contribution in [0.3, 0.4) is 0 Å². The zero-order valence-corrected chi connectivity index (χ0v) is 12.1. The number of hydrogen-bond acceptors (Lipinski definition) is 4. The Labute approximate surface area is 118 Å². The van der Waals surface area contributed by atoms with E-state index in [4.69, 9.17) is 11.6 Å². The molecule has 7 heteroatoms. The van der Waals surface area contributed by atoms with Gasteiger partial charge >= 0.3 is 5.69 Å². The minimum Gasteiger partial charge on any atom is -0.297 e.